The Labute approximate surface area is 132 Å². The monoisotopic (exact) mass is 303 g/mol. The number of anilines is 1. The third kappa shape index (κ3) is 4.45. The van der Waals surface area contributed by atoms with Crippen molar-refractivity contribution in [1.29, 1.82) is 0 Å². The second kappa shape index (κ2) is 7.43. The first kappa shape index (κ1) is 15.8. The summed E-state index contributed by atoms with van der Waals surface area (Å²) in [5, 5.41) is 4.15. The van der Waals surface area contributed by atoms with Crippen molar-refractivity contribution in [2.45, 2.75) is 26.4 Å². The van der Waals surface area contributed by atoms with Crippen LogP contribution in [0.1, 0.15) is 31.0 Å². The van der Waals surface area contributed by atoms with Gasteiger partial charge in [0.05, 0.1) is 0 Å². The molecule has 0 spiro atoms. The van der Waals surface area contributed by atoms with E-state index in [2.05, 4.69) is 41.2 Å². The van der Waals surface area contributed by atoms with Crippen LogP contribution in [0, 0.1) is 0 Å². The lowest BCUT2D eigenvalue weighted by Crippen LogP contribution is -2.20. The lowest BCUT2D eigenvalue weighted by molar-refractivity contribution is 0.596. The molecule has 1 heterocycles. The van der Waals surface area contributed by atoms with Crippen LogP contribution in [-0.2, 0) is 6.54 Å². The fourth-order valence-electron chi connectivity index (χ4n) is 2.25. The van der Waals surface area contributed by atoms with Crippen molar-refractivity contribution in [2.75, 3.05) is 18.5 Å². The van der Waals surface area contributed by atoms with E-state index in [4.69, 9.17) is 11.6 Å². The number of halogens is 1. The second-order valence-corrected chi connectivity index (χ2v) is 5.65. The molecule has 3 nitrogen and oxygen atoms in total. The molecule has 0 bridgehead atoms. The van der Waals surface area contributed by atoms with E-state index in [1.165, 1.54) is 11.1 Å². The minimum Gasteiger partial charge on any atom is -0.355 e. The Morgan fingerprint density at radius 1 is 1.19 bits per heavy atom. The van der Waals surface area contributed by atoms with Crippen LogP contribution in [0.15, 0.2) is 42.6 Å². The molecule has 0 amide bonds. The average Bonchev–Trinajstić information content (AvgIpc) is 2.50. The number of aromatic nitrogens is 1. The summed E-state index contributed by atoms with van der Waals surface area (Å²) in [6.45, 7) is 6.03. The number of benzene rings is 1. The van der Waals surface area contributed by atoms with Gasteiger partial charge in [-0.3, -0.25) is 0 Å². The van der Waals surface area contributed by atoms with Crippen molar-refractivity contribution < 1.29 is 0 Å². The molecule has 1 N–H and O–H groups in total. The first-order valence-corrected chi connectivity index (χ1v) is 7.63. The van der Waals surface area contributed by atoms with Gasteiger partial charge in [-0.05, 0) is 42.8 Å². The van der Waals surface area contributed by atoms with E-state index in [9.17, 15) is 0 Å². The fourth-order valence-corrected chi connectivity index (χ4v) is 2.37. The van der Waals surface area contributed by atoms with E-state index in [0.717, 1.165) is 23.9 Å². The highest BCUT2D eigenvalue weighted by Crippen LogP contribution is 2.17. The topological polar surface area (TPSA) is 28.2 Å². The molecule has 2 aromatic rings. The largest absolute Gasteiger partial charge is 0.355 e. The number of rotatable bonds is 6. The predicted octanol–water partition coefficient (Wildman–Crippen LogP) is 4.04. The summed E-state index contributed by atoms with van der Waals surface area (Å²) < 4.78 is 0. The lowest BCUT2D eigenvalue weighted by atomic mass is 10.1. The van der Waals surface area contributed by atoms with E-state index < -0.39 is 0 Å². The van der Waals surface area contributed by atoms with E-state index in [-0.39, 0.29) is 0 Å². The molecule has 1 unspecified atom stereocenters. The third-order valence-corrected chi connectivity index (χ3v) is 3.76. The summed E-state index contributed by atoms with van der Waals surface area (Å²) in [6, 6.07) is 12.4. The molecule has 1 aromatic heterocycles. The Bertz CT molecular complexity index is 551. The zero-order chi connectivity index (χ0) is 15.2. The minimum atomic E-state index is 0.332. The van der Waals surface area contributed by atoms with Crippen molar-refractivity contribution in [3.63, 3.8) is 0 Å². The molecule has 0 saturated heterocycles. The zero-order valence-electron chi connectivity index (χ0n) is 12.8. The summed E-state index contributed by atoms with van der Waals surface area (Å²) in [6.07, 6.45) is 1.95. The highest BCUT2D eigenvalue weighted by molar-refractivity contribution is 6.30. The normalized spacial score (nSPS) is 12.2. The minimum absolute atomic E-state index is 0.332. The molecule has 0 saturated carbocycles. The molecule has 0 fully saturated rings. The van der Waals surface area contributed by atoms with Crippen LogP contribution in [-0.4, -0.2) is 18.6 Å². The van der Waals surface area contributed by atoms with Gasteiger partial charge in [0, 0.05) is 30.9 Å². The molecule has 1 atom stereocenters. The van der Waals surface area contributed by atoms with Crippen LogP contribution in [0.4, 0.5) is 5.82 Å². The maximum absolute atomic E-state index is 5.91. The lowest BCUT2D eigenvalue weighted by Gasteiger charge is -2.19. The smallest absolute Gasteiger partial charge is 0.128 e. The first-order chi connectivity index (χ1) is 10.1. The SMILES string of the molecule is CCNC(C)c1ccc(N(C)Cc2ccc(Cl)cc2)nc1. The zero-order valence-corrected chi connectivity index (χ0v) is 13.6. The summed E-state index contributed by atoms with van der Waals surface area (Å²) in [5.74, 6) is 0.970. The van der Waals surface area contributed by atoms with Crippen LogP contribution >= 0.6 is 11.6 Å². The van der Waals surface area contributed by atoms with Gasteiger partial charge < -0.3 is 10.2 Å². The predicted molar refractivity (Wildman–Crippen MR) is 89.9 cm³/mol. The molecule has 0 aliphatic heterocycles. The fraction of sp³-hybridized carbons (Fsp3) is 0.353. The molecule has 21 heavy (non-hydrogen) atoms. The quantitative estimate of drug-likeness (QED) is 0.873. The summed E-state index contributed by atoms with van der Waals surface area (Å²) in [7, 11) is 2.05. The maximum atomic E-state index is 5.91. The van der Waals surface area contributed by atoms with Crippen LogP contribution < -0.4 is 10.2 Å². The summed E-state index contributed by atoms with van der Waals surface area (Å²) in [4.78, 5) is 6.69. The highest BCUT2D eigenvalue weighted by Gasteiger charge is 2.07. The van der Waals surface area contributed by atoms with Gasteiger partial charge in [-0.2, -0.15) is 0 Å². The van der Waals surface area contributed by atoms with Crippen LogP contribution in [0.25, 0.3) is 0 Å². The number of hydrogen-bond donors (Lipinski definition) is 1. The summed E-state index contributed by atoms with van der Waals surface area (Å²) >= 11 is 5.91. The van der Waals surface area contributed by atoms with Crippen molar-refractivity contribution >= 4 is 17.4 Å². The molecule has 1 aromatic carbocycles. The number of pyridine rings is 1. The van der Waals surface area contributed by atoms with E-state index in [1.807, 2.05) is 37.5 Å². The van der Waals surface area contributed by atoms with Gasteiger partial charge in [-0.15, -0.1) is 0 Å². The van der Waals surface area contributed by atoms with Gasteiger partial charge in [0.2, 0.25) is 0 Å². The van der Waals surface area contributed by atoms with Gasteiger partial charge in [-0.1, -0.05) is 36.7 Å². The van der Waals surface area contributed by atoms with Gasteiger partial charge >= 0.3 is 0 Å². The highest BCUT2D eigenvalue weighted by atomic mass is 35.5. The van der Waals surface area contributed by atoms with Crippen molar-refractivity contribution in [1.82, 2.24) is 10.3 Å². The maximum Gasteiger partial charge on any atom is 0.128 e. The average molecular weight is 304 g/mol. The Hall–Kier alpha value is -1.58. The molecular formula is C17H22ClN3. The van der Waals surface area contributed by atoms with E-state index in [1.54, 1.807) is 0 Å². The Kier molecular flexibility index (Phi) is 5.59. The van der Waals surface area contributed by atoms with Gasteiger partial charge in [0.1, 0.15) is 5.82 Å². The van der Waals surface area contributed by atoms with Crippen LogP contribution in [0.2, 0.25) is 5.02 Å². The first-order valence-electron chi connectivity index (χ1n) is 7.25. The van der Waals surface area contributed by atoms with Crippen molar-refractivity contribution in [3.8, 4) is 0 Å². The van der Waals surface area contributed by atoms with E-state index in [0.29, 0.717) is 6.04 Å². The molecule has 0 radical (unpaired) electrons. The van der Waals surface area contributed by atoms with Crippen molar-refractivity contribution in [2.24, 2.45) is 0 Å². The Morgan fingerprint density at radius 3 is 2.48 bits per heavy atom. The van der Waals surface area contributed by atoms with E-state index >= 15 is 0 Å². The molecular weight excluding hydrogens is 282 g/mol. The number of hydrogen-bond acceptors (Lipinski definition) is 3. The number of nitrogens with zero attached hydrogens (tertiary/aromatic N) is 2. The van der Waals surface area contributed by atoms with Gasteiger partial charge in [-0.25, -0.2) is 4.98 Å². The molecule has 2 rings (SSSR count). The van der Waals surface area contributed by atoms with Gasteiger partial charge in [0.15, 0.2) is 0 Å². The molecule has 4 heteroatoms. The van der Waals surface area contributed by atoms with Crippen LogP contribution in [0.5, 0.6) is 0 Å². The van der Waals surface area contributed by atoms with Crippen molar-refractivity contribution in [3.05, 3.63) is 58.7 Å². The molecule has 112 valence electrons. The Morgan fingerprint density at radius 2 is 1.90 bits per heavy atom. The van der Waals surface area contributed by atoms with Gasteiger partial charge in [0.25, 0.3) is 0 Å². The number of nitrogens with one attached hydrogen (secondary N) is 1. The standard InChI is InChI=1S/C17H22ClN3/c1-4-19-13(2)15-7-10-17(20-11-15)21(3)12-14-5-8-16(18)9-6-14/h5-11,13,19H,4,12H2,1-3H3. The Balaban J connectivity index is 2.02. The molecule has 0 aliphatic carbocycles. The molecule has 0 aliphatic rings. The summed E-state index contributed by atoms with van der Waals surface area (Å²) in [5.41, 5.74) is 2.43. The third-order valence-electron chi connectivity index (χ3n) is 3.51. The van der Waals surface area contributed by atoms with Crippen LogP contribution in [0.3, 0.4) is 0 Å². The second-order valence-electron chi connectivity index (χ2n) is 5.21.